The highest BCUT2D eigenvalue weighted by molar-refractivity contribution is 5.89. The molecule has 2 N–H and O–H groups in total. The standard InChI is InChI=1S/C13H16O6/c1-7(12(14)15)8(3-10-5-18-10)2-9(13(16)17)4-11-6-19-11/h2,8,10-11H,1,3-6H2,(H,14,15)(H,16,17). The smallest absolute Gasteiger partial charge is 0.331 e. The van der Waals surface area contributed by atoms with Gasteiger partial charge in [0.1, 0.15) is 0 Å². The lowest BCUT2D eigenvalue weighted by Crippen LogP contribution is -2.15. The van der Waals surface area contributed by atoms with E-state index >= 15 is 0 Å². The zero-order valence-electron chi connectivity index (χ0n) is 10.4. The van der Waals surface area contributed by atoms with E-state index in [4.69, 9.17) is 19.7 Å². The van der Waals surface area contributed by atoms with Crippen LogP contribution in [0.4, 0.5) is 0 Å². The van der Waals surface area contributed by atoms with Gasteiger partial charge in [-0.25, -0.2) is 9.59 Å². The van der Waals surface area contributed by atoms with Crippen molar-refractivity contribution in [1.29, 1.82) is 0 Å². The lowest BCUT2D eigenvalue weighted by molar-refractivity contribution is -0.134. The van der Waals surface area contributed by atoms with Crippen LogP contribution in [0.5, 0.6) is 0 Å². The molecule has 0 aromatic rings. The van der Waals surface area contributed by atoms with Crippen molar-refractivity contribution in [3.05, 3.63) is 23.8 Å². The molecular formula is C13H16O6. The van der Waals surface area contributed by atoms with E-state index in [0.29, 0.717) is 26.1 Å². The van der Waals surface area contributed by atoms with Crippen molar-refractivity contribution in [1.82, 2.24) is 0 Å². The van der Waals surface area contributed by atoms with Gasteiger partial charge in [0.2, 0.25) is 0 Å². The maximum Gasteiger partial charge on any atom is 0.331 e. The molecule has 2 rings (SSSR count). The molecule has 19 heavy (non-hydrogen) atoms. The highest BCUT2D eigenvalue weighted by Crippen LogP contribution is 2.28. The second kappa shape index (κ2) is 5.54. The number of ether oxygens (including phenoxy) is 2. The summed E-state index contributed by atoms with van der Waals surface area (Å²) in [6, 6.07) is 0. The lowest BCUT2D eigenvalue weighted by Gasteiger charge is -2.13. The van der Waals surface area contributed by atoms with Crippen LogP contribution in [0.2, 0.25) is 0 Å². The summed E-state index contributed by atoms with van der Waals surface area (Å²) in [6.07, 6.45) is 2.17. The number of carboxylic acid groups (broad SMARTS) is 2. The van der Waals surface area contributed by atoms with Gasteiger partial charge in [-0.3, -0.25) is 0 Å². The number of hydrogen-bond acceptors (Lipinski definition) is 4. The van der Waals surface area contributed by atoms with Crippen LogP contribution in [-0.4, -0.2) is 47.6 Å². The first-order valence-corrected chi connectivity index (χ1v) is 6.06. The monoisotopic (exact) mass is 268 g/mol. The third-order valence-corrected chi connectivity index (χ3v) is 3.17. The molecule has 2 fully saturated rings. The highest BCUT2D eigenvalue weighted by atomic mass is 16.6. The molecule has 0 radical (unpaired) electrons. The first-order valence-electron chi connectivity index (χ1n) is 6.06. The average Bonchev–Trinajstić information content (AvgIpc) is 3.20. The minimum Gasteiger partial charge on any atom is -0.478 e. The van der Waals surface area contributed by atoms with E-state index in [1.807, 2.05) is 0 Å². The summed E-state index contributed by atoms with van der Waals surface area (Å²) in [5.41, 5.74) is 0.168. The Hall–Kier alpha value is -1.66. The van der Waals surface area contributed by atoms with E-state index in [0.717, 1.165) is 0 Å². The number of allylic oxidation sites excluding steroid dienone is 1. The SMILES string of the molecule is C=C(C(=O)O)C(C=C(CC1CO1)C(=O)O)CC1CO1. The lowest BCUT2D eigenvalue weighted by atomic mass is 9.91. The molecule has 2 heterocycles. The van der Waals surface area contributed by atoms with E-state index in [2.05, 4.69) is 6.58 Å². The second-order valence-electron chi connectivity index (χ2n) is 4.78. The first kappa shape index (κ1) is 13.8. The van der Waals surface area contributed by atoms with Gasteiger partial charge in [-0.15, -0.1) is 0 Å². The fraction of sp³-hybridized carbons (Fsp3) is 0.538. The van der Waals surface area contributed by atoms with E-state index in [1.54, 1.807) is 0 Å². The number of carbonyl (C=O) groups is 2. The molecule has 0 amide bonds. The van der Waals surface area contributed by atoms with Crippen LogP contribution in [0, 0.1) is 5.92 Å². The van der Waals surface area contributed by atoms with Crippen LogP contribution < -0.4 is 0 Å². The zero-order chi connectivity index (χ0) is 14.0. The van der Waals surface area contributed by atoms with Gasteiger partial charge in [0.25, 0.3) is 0 Å². The van der Waals surface area contributed by atoms with E-state index in [9.17, 15) is 9.59 Å². The molecule has 0 spiro atoms. The molecule has 0 bridgehead atoms. The largest absolute Gasteiger partial charge is 0.478 e. The van der Waals surface area contributed by atoms with E-state index < -0.39 is 17.9 Å². The van der Waals surface area contributed by atoms with Gasteiger partial charge in [-0.1, -0.05) is 12.7 Å². The van der Waals surface area contributed by atoms with E-state index in [-0.39, 0.29) is 23.4 Å². The molecule has 0 aliphatic carbocycles. The van der Waals surface area contributed by atoms with Crippen molar-refractivity contribution in [3.8, 4) is 0 Å². The number of carboxylic acids is 2. The molecule has 3 atom stereocenters. The molecule has 104 valence electrons. The van der Waals surface area contributed by atoms with Crippen molar-refractivity contribution in [2.45, 2.75) is 25.0 Å². The molecule has 2 aliphatic rings. The van der Waals surface area contributed by atoms with Crippen LogP contribution in [0.3, 0.4) is 0 Å². The first-order chi connectivity index (χ1) is 8.97. The summed E-state index contributed by atoms with van der Waals surface area (Å²) in [5.74, 6) is -2.68. The molecule has 6 nitrogen and oxygen atoms in total. The molecule has 2 aliphatic heterocycles. The minimum absolute atomic E-state index is 0.00423. The fourth-order valence-electron chi connectivity index (χ4n) is 1.86. The third kappa shape index (κ3) is 4.18. The normalized spacial score (nSPS) is 26.6. The summed E-state index contributed by atoms with van der Waals surface area (Å²) in [6.45, 7) is 4.66. The predicted molar refractivity (Wildman–Crippen MR) is 64.7 cm³/mol. The Morgan fingerprint density at radius 3 is 2.21 bits per heavy atom. The van der Waals surface area contributed by atoms with Crippen LogP contribution in [-0.2, 0) is 19.1 Å². The van der Waals surface area contributed by atoms with Crippen LogP contribution in [0.1, 0.15) is 12.8 Å². The van der Waals surface area contributed by atoms with Crippen molar-refractivity contribution in [3.63, 3.8) is 0 Å². The van der Waals surface area contributed by atoms with Gasteiger partial charge in [-0.05, 0) is 6.42 Å². The van der Waals surface area contributed by atoms with Gasteiger partial charge in [-0.2, -0.15) is 0 Å². The number of rotatable bonds is 8. The van der Waals surface area contributed by atoms with Crippen molar-refractivity contribution >= 4 is 11.9 Å². The van der Waals surface area contributed by atoms with Gasteiger partial charge in [0.05, 0.1) is 25.4 Å². The minimum atomic E-state index is -1.12. The Morgan fingerprint density at radius 2 is 1.79 bits per heavy atom. The Labute approximate surface area is 110 Å². The van der Waals surface area contributed by atoms with Gasteiger partial charge < -0.3 is 19.7 Å². The summed E-state index contributed by atoms with van der Waals surface area (Å²) >= 11 is 0. The summed E-state index contributed by atoms with van der Waals surface area (Å²) in [7, 11) is 0. The topological polar surface area (TPSA) is 99.7 Å². The second-order valence-corrected chi connectivity index (χ2v) is 4.78. The Balaban J connectivity index is 2.11. The zero-order valence-corrected chi connectivity index (χ0v) is 10.4. The number of aliphatic carboxylic acids is 2. The maximum absolute atomic E-state index is 11.2. The average molecular weight is 268 g/mol. The van der Waals surface area contributed by atoms with Crippen LogP contribution in [0.15, 0.2) is 23.8 Å². The molecule has 0 saturated carbocycles. The Bertz CT molecular complexity index is 430. The quantitative estimate of drug-likeness (QED) is 0.499. The third-order valence-electron chi connectivity index (χ3n) is 3.17. The van der Waals surface area contributed by atoms with Crippen LogP contribution >= 0.6 is 0 Å². The van der Waals surface area contributed by atoms with Crippen molar-refractivity contribution in [2.24, 2.45) is 5.92 Å². The van der Waals surface area contributed by atoms with Gasteiger partial charge >= 0.3 is 11.9 Å². The van der Waals surface area contributed by atoms with Crippen LogP contribution in [0.25, 0.3) is 0 Å². The van der Waals surface area contributed by atoms with Crippen molar-refractivity contribution < 1.29 is 29.3 Å². The maximum atomic E-state index is 11.2. The summed E-state index contributed by atoms with van der Waals surface area (Å²) in [4.78, 5) is 22.1. The number of hydrogen-bond donors (Lipinski definition) is 2. The molecule has 0 aromatic heterocycles. The molecule has 3 unspecified atom stereocenters. The van der Waals surface area contributed by atoms with E-state index in [1.165, 1.54) is 6.08 Å². The molecular weight excluding hydrogens is 252 g/mol. The summed E-state index contributed by atoms with van der Waals surface area (Å²) in [5, 5.41) is 18.1. The predicted octanol–water partition coefficient (Wildman–Crippen LogP) is 0.832. The van der Waals surface area contributed by atoms with Gasteiger partial charge in [0, 0.05) is 23.5 Å². The Morgan fingerprint density at radius 1 is 1.21 bits per heavy atom. The molecule has 2 saturated heterocycles. The molecule has 6 heteroatoms. The number of epoxide rings is 2. The van der Waals surface area contributed by atoms with Crippen molar-refractivity contribution in [2.75, 3.05) is 13.2 Å². The summed E-state index contributed by atoms with van der Waals surface area (Å²) < 4.78 is 10.1. The molecule has 0 aromatic carbocycles. The van der Waals surface area contributed by atoms with Gasteiger partial charge in [0.15, 0.2) is 0 Å². The Kier molecular flexibility index (Phi) is 4.01. The highest BCUT2D eigenvalue weighted by Gasteiger charge is 2.31. The fourth-order valence-corrected chi connectivity index (χ4v) is 1.86.